The number of allylic oxidation sites excluding steroid dienone is 1. The first-order valence-electron chi connectivity index (χ1n) is 7.98. The van der Waals surface area contributed by atoms with Gasteiger partial charge in [-0.05, 0) is 48.7 Å². The van der Waals surface area contributed by atoms with Crippen molar-refractivity contribution in [2.75, 3.05) is 0 Å². The van der Waals surface area contributed by atoms with Gasteiger partial charge in [-0.25, -0.2) is 13.2 Å². The molecule has 25 heavy (non-hydrogen) atoms. The van der Waals surface area contributed by atoms with Gasteiger partial charge in [-0.3, -0.25) is 0 Å². The van der Waals surface area contributed by atoms with Gasteiger partial charge >= 0.3 is 0 Å². The van der Waals surface area contributed by atoms with Gasteiger partial charge in [-0.2, -0.15) is 0 Å². The Morgan fingerprint density at radius 3 is 1.80 bits per heavy atom. The van der Waals surface area contributed by atoms with Gasteiger partial charge in [0.2, 0.25) is 0 Å². The number of halogens is 3. The summed E-state index contributed by atoms with van der Waals surface area (Å²) in [4.78, 5) is 0. The van der Waals surface area contributed by atoms with Crippen molar-refractivity contribution in [1.29, 1.82) is 0 Å². The van der Waals surface area contributed by atoms with Crippen LogP contribution in [-0.4, -0.2) is 0 Å². The van der Waals surface area contributed by atoms with E-state index in [9.17, 15) is 13.2 Å². The summed E-state index contributed by atoms with van der Waals surface area (Å²) < 4.78 is 42.7. The fraction of sp³-hybridized carbons (Fsp3) is 0.0909. The predicted molar refractivity (Wildman–Crippen MR) is 96.6 cm³/mol. The summed E-state index contributed by atoms with van der Waals surface area (Å²) in [5.41, 5.74) is 2.94. The van der Waals surface area contributed by atoms with Gasteiger partial charge < -0.3 is 0 Å². The molecule has 3 rings (SSSR count). The quantitative estimate of drug-likeness (QED) is 0.494. The summed E-state index contributed by atoms with van der Waals surface area (Å²) in [5, 5.41) is 0. The summed E-state index contributed by atoms with van der Waals surface area (Å²) in [6, 6.07) is 14.7. The average Bonchev–Trinajstić information content (AvgIpc) is 2.58. The van der Waals surface area contributed by atoms with Crippen molar-refractivity contribution < 1.29 is 13.2 Å². The van der Waals surface area contributed by atoms with E-state index in [1.165, 1.54) is 12.1 Å². The molecule has 0 aliphatic heterocycles. The largest absolute Gasteiger partial charge is 0.206 e. The minimum absolute atomic E-state index is 0.122. The number of aryl methyl sites for hydroxylation is 1. The normalized spacial score (nSPS) is 11.2. The molecule has 0 nitrogen and oxygen atoms in total. The van der Waals surface area contributed by atoms with Crippen molar-refractivity contribution in [2.24, 2.45) is 0 Å². The molecule has 0 aliphatic carbocycles. The van der Waals surface area contributed by atoms with E-state index in [1.807, 2.05) is 31.2 Å². The molecule has 3 heteroatoms. The van der Waals surface area contributed by atoms with Crippen LogP contribution in [0, 0.1) is 24.4 Å². The molecule has 0 spiro atoms. The molecule has 0 amide bonds. The Kier molecular flexibility index (Phi) is 4.75. The predicted octanol–water partition coefficient (Wildman–Crippen LogP) is 6.78. The van der Waals surface area contributed by atoms with Crippen LogP contribution >= 0.6 is 0 Å². The van der Waals surface area contributed by atoms with Crippen molar-refractivity contribution in [3.63, 3.8) is 0 Å². The third-order valence-electron chi connectivity index (χ3n) is 4.08. The highest BCUT2D eigenvalue weighted by Gasteiger charge is 2.13. The van der Waals surface area contributed by atoms with Crippen molar-refractivity contribution in [3.8, 4) is 22.3 Å². The molecule has 0 unspecified atom stereocenters. The lowest BCUT2D eigenvalue weighted by Crippen LogP contribution is -1.93. The summed E-state index contributed by atoms with van der Waals surface area (Å²) in [7, 11) is 0. The zero-order valence-electron chi connectivity index (χ0n) is 14.0. The van der Waals surface area contributed by atoms with Gasteiger partial charge in [0.15, 0.2) is 0 Å². The molecular weight excluding hydrogens is 321 g/mol. The highest BCUT2D eigenvalue weighted by atomic mass is 19.1. The summed E-state index contributed by atoms with van der Waals surface area (Å²) in [6.45, 7) is 3.66. The molecule has 0 saturated carbocycles. The van der Waals surface area contributed by atoms with Crippen LogP contribution in [0.4, 0.5) is 13.2 Å². The maximum absolute atomic E-state index is 14.6. The lowest BCUT2D eigenvalue weighted by Gasteiger charge is -2.09. The van der Waals surface area contributed by atoms with Gasteiger partial charge in [0, 0.05) is 11.1 Å². The fourth-order valence-corrected chi connectivity index (χ4v) is 2.74. The van der Waals surface area contributed by atoms with Crippen molar-refractivity contribution in [2.45, 2.75) is 13.8 Å². The molecule has 0 heterocycles. The maximum atomic E-state index is 14.6. The monoisotopic (exact) mass is 338 g/mol. The van der Waals surface area contributed by atoms with Crippen molar-refractivity contribution in [1.82, 2.24) is 0 Å². The maximum Gasteiger partial charge on any atom is 0.133 e. The smallest absolute Gasteiger partial charge is 0.133 e. The first-order chi connectivity index (χ1) is 12.0. The molecule has 0 bridgehead atoms. The highest BCUT2D eigenvalue weighted by Crippen LogP contribution is 2.30. The zero-order chi connectivity index (χ0) is 18.0. The molecule has 0 fully saturated rings. The summed E-state index contributed by atoms with van der Waals surface area (Å²) in [6.07, 6.45) is 2.91. The van der Waals surface area contributed by atoms with Crippen molar-refractivity contribution in [3.05, 3.63) is 89.3 Å². The van der Waals surface area contributed by atoms with E-state index in [0.29, 0.717) is 5.56 Å². The third-order valence-corrected chi connectivity index (χ3v) is 4.08. The molecule has 0 aromatic heterocycles. The second-order valence-corrected chi connectivity index (χ2v) is 5.91. The van der Waals surface area contributed by atoms with Crippen LogP contribution in [0.15, 0.2) is 60.7 Å². The van der Waals surface area contributed by atoms with Crippen LogP contribution in [0.5, 0.6) is 0 Å². The Labute approximate surface area is 145 Å². The van der Waals surface area contributed by atoms with E-state index in [-0.39, 0.29) is 16.7 Å². The molecule has 0 atom stereocenters. The third kappa shape index (κ3) is 3.50. The molecule has 0 saturated heterocycles. The topological polar surface area (TPSA) is 0 Å². The fourth-order valence-electron chi connectivity index (χ4n) is 2.74. The van der Waals surface area contributed by atoms with Gasteiger partial charge in [0.25, 0.3) is 0 Å². The van der Waals surface area contributed by atoms with Crippen molar-refractivity contribution >= 4 is 6.08 Å². The zero-order valence-corrected chi connectivity index (χ0v) is 14.0. The van der Waals surface area contributed by atoms with Gasteiger partial charge in [0.05, 0.1) is 0 Å². The Hall–Kier alpha value is -2.81. The van der Waals surface area contributed by atoms with Gasteiger partial charge in [-0.15, -0.1) is 0 Å². The molecule has 126 valence electrons. The van der Waals surface area contributed by atoms with Gasteiger partial charge in [-0.1, -0.05) is 54.1 Å². The van der Waals surface area contributed by atoms with E-state index in [1.54, 1.807) is 25.1 Å². The minimum Gasteiger partial charge on any atom is -0.206 e. The average molecular weight is 338 g/mol. The van der Waals surface area contributed by atoms with Crippen LogP contribution in [0.1, 0.15) is 18.1 Å². The van der Waals surface area contributed by atoms with E-state index in [2.05, 4.69) is 0 Å². The molecule has 0 radical (unpaired) electrons. The Bertz CT molecular complexity index is 915. The SMILES string of the molecule is C/C=C/c1c(F)cc(-c2ccc(-c3ccc(C)cc3)cc2F)cc1F. The van der Waals surface area contributed by atoms with Crippen LogP contribution in [0.3, 0.4) is 0 Å². The number of hydrogen-bond acceptors (Lipinski definition) is 0. The molecule has 0 aliphatic rings. The standard InChI is InChI=1S/C22H17F3/c1-3-4-19-21(24)12-17(13-22(19)25)18-10-9-16(11-20(18)23)15-7-5-14(2)6-8-15/h3-13H,1-2H3/b4-3+. The Morgan fingerprint density at radius 2 is 1.24 bits per heavy atom. The Morgan fingerprint density at radius 1 is 0.680 bits per heavy atom. The molecule has 3 aromatic rings. The summed E-state index contributed by atoms with van der Waals surface area (Å²) >= 11 is 0. The second kappa shape index (κ2) is 6.98. The lowest BCUT2D eigenvalue weighted by molar-refractivity contribution is 0.579. The number of hydrogen-bond donors (Lipinski definition) is 0. The second-order valence-electron chi connectivity index (χ2n) is 5.91. The number of benzene rings is 3. The first kappa shape index (κ1) is 17.0. The number of rotatable bonds is 3. The lowest BCUT2D eigenvalue weighted by atomic mass is 9.98. The van der Waals surface area contributed by atoms with Crippen LogP contribution in [0.25, 0.3) is 28.3 Å². The highest BCUT2D eigenvalue weighted by molar-refractivity contribution is 5.72. The molecule has 0 N–H and O–H groups in total. The van der Waals surface area contributed by atoms with E-state index >= 15 is 0 Å². The molecule has 3 aromatic carbocycles. The van der Waals surface area contributed by atoms with Crippen LogP contribution in [-0.2, 0) is 0 Å². The van der Waals surface area contributed by atoms with Crippen LogP contribution in [0.2, 0.25) is 0 Å². The van der Waals surface area contributed by atoms with E-state index in [4.69, 9.17) is 0 Å². The Balaban J connectivity index is 2.03. The minimum atomic E-state index is -0.713. The van der Waals surface area contributed by atoms with Crippen LogP contribution < -0.4 is 0 Å². The van der Waals surface area contributed by atoms with E-state index in [0.717, 1.165) is 23.3 Å². The van der Waals surface area contributed by atoms with E-state index < -0.39 is 17.5 Å². The van der Waals surface area contributed by atoms with Gasteiger partial charge in [0.1, 0.15) is 17.5 Å². The first-order valence-corrected chi connectivity index (χ1v) is 7.98. The summed E-state index contributed by atoms with van der Waals surface area (Å²) in [5.74, 6) is -1.94. The molecular formula is C22H17F3.